The molecule has 0 unspecified atom stereocenters. The summed E-state index contributed by atoms with van der Waals surface area (Å²) in [5.74, 6) is 2.46. The van der Waals surface area contributed by atoms with Gasteiger partial charge in [0.2, 0.25) is 0 Å². The Balaban J connectivity index is 2.80. The van der Waals surface area contributed by atoms with E-state index in [1.807, 2.05) is 17.5 Å². The summed E-state index contributed by atoms with van der Waals surface area (Å²) in [6, 6.07) is 3.66. The Hall–Kier alpha value is -0.780. The van der Waals surface area contributed by atoms with Gasteiger partial charge in [-0.15, -0.1) is 17.8 Å². The molecule has 1 atom stereocenters. The van der Waals surface area contributed by atoms with Crippen LogP contribution in [0.3, 0.4) is 0 Å². The van der Waals surface area contributed by atoms with Crippen LogP contribution in [0.2, 0.25) is 0 Å². The van der Waals surface area contributed by atoms with Crippen LogP contribution in [-0.2, 0) is 0 Å². The number of hydrogen-bond acceptors (Lipinski definition) is 2. The lowest BCUT2D eigenvalue weighted by Gasteiger charge is -1.96. The Bertz CT molecular complexity index is 207. The largest absolute Gasteiger partial charge is 0.313 e. The van der Waals surface area contributed by atoms with Gasteiger partial charge >= 0.3 is 0 Å². The molecule has 1 nitrogen and oxygen atoms in total. The fourth-order valence-electron chi connectivity index (χ4n) is 0.550. The molecule has 1 rings (SSSR count). The molecule has 0 aromatic carbocycles. The lowest BCUT2D eigenvalue weighted by atomic mass is 10.3. The van der Waals surface area contributed by atoms with Crippen molar-refractivity contribution in [1.29, 1.82) is 0 Å². The SMILES string of the molecule is C#C[C@H](N)c1cccs1. The van der Waals surface area contributed by atoms with Gasteiger partial charge in [0.25, 0.3) is 0 Å². The van der Waals surface area contributed by atoms with Crippen molar-refractivity contribution < 1.29 is 0 Å². The predicted octanol–water partition coefficient (Wildman–Crippen LogP) is 1.38. The van der Waals surface area contributed by atoms with Gasteiger partial charge in [0, 0.05) is 4.88 Å². The van der Waals surface area contributed by atoms with E-state index >= 15 is 0 Å². The molecule has 0 aliphatic rings. The number of thiophene rings is 1. The third-order valence-corrected chi connectivity index (χ3v) is 1.98. The van der Waals surface area contributed by atoms with Crippen molar-refractivity contribution in [2.24, 2.45) is 5.73 Å². The fourth-order valence-corrected chi connectivity index (χ4v) is 1.24. The first-order valence-corrected chi connectivity index (χ1v) is 3.47. The van der Waals surface area contributed by atoms with Gasteiger partial charge in [-0.3, -0.25) is 0 Å². The maximum atomic E-state index is 5.51. The predicted molar refractivity (Wildman–Crippen MR) is 40.1 cm³/mol. The van der Waals surface area contributed by atoms with Crippen molar-refractivity contribution >= 4 is 11.3 Å². The van der Waals surface area contributed by atoms with Gasteiger partial charge in [0.05, 0.1) is 0 Å². The van der Waals surface area contributed by atoms with E-state index in [-0.39, 0.29) is 6.04 Å². The van der Waals surface area contributed by atoms with E-state index in [0.717, 1.165) is 4.88 Å². The minimum atomic E-state index is -0.218. The lowest BCUT2D eigenvalue weighted by Crippen LogP contribution is -2.04. The summed E-state index contributed by atoms with van der Waals surface area (Å²) >= 11 is 1.59. The van der Waals surface area contributed by atoms with E-state index in [1.165, 1.54) is 0 Å². The van der Waals surface area contributed by atoms with Crippen molar-refractivity contribution in [3.63, 3.8) is 0 Å². The van der Waals surface area contributed by atoms with E-state index in [2.05, 4.69) is 5.92 Å². The molecule has 2 heteroatoms. The summed E-state index contributed by atoms with van der Waals surface area (Å²) in [7, 11) is 0. The summed E-state index contributed by atoms with van der Waals surface area (Å²) in [5.41, 5.74) is 5.51. The first-order chi connectivity index (χ1) is 4.34. The summed E-state index contributed by atoms with van der Waals surface area (Å²) in [4.78, 5) is 1.05. The number of terminal acetylenes is 1. The monoisotopic (exact) mass is 137 g/mol. The second-order valence-corrected chi connectivity index (χ2v) is 2.64. The summed E-state index contributed by atoms with van der Waals surface area (Å²) in [6.45, 7) is 0. The van der Waals surface area contributed by atoms with Crippen LogP contribution in [0.15, 0.2) is 17.5 Å². The van der Waals surface area contributed by atoms with Crippen molar-refractivity contribution in [3.8, 4) is 12.3 Å². The second kappa shape index (κ2) is 2.67. The fraction of sp³-hybridized carbons (Fsp3) is 0.143. The van der Waals surface area contributed by atoms with Crippen molar-refractivity contribution in [2.75, 3.05) is 0 Å². The Kier molecular flexibility index (Phi) is 1.88. The van der Waals surface area contributed by atoms with Gasteiger partial charge in [0.1, 0.15) is 6.04 Å². The van der Waals surface area contributed by atoms with Gasteiger partial charge < -0.3 is 5.73 Å². The van der Waals surface area contributed by atoms with E-state index in [9.17, 15) is 0 Å². The molecule has 46 valence electrons. The zero-order valence-electron chi connectivity index (χ0n) is 4.87. The van der Waals surface area contributed by atoms with Crippen LogP contribution in [-0.4, -0.2) is 0 Å². The zero-order valence-corrected chi connectivity index (χ0v) is 5.69. The zero-order chi connectivity index (χ0) is 6.69. The molecule has 0 fully saturated rings. The molecule has 2 N–H and O–H groups in total. The maximum Gasteiger partial charge on any atom is 0.101 e. The van der Waals surface area contributed by atoms with Crippen LogP contribution >= 0.6 is 11.3 Å². The summed E-state index contributed by atoms with van der Waals surface area (Å²) in [5, 5.41) is 1.96. The highest BCUT2D eigenvalue weighted by atomic mass is 32.1. The summed E-state index contributed by atoms with van der Waals surface area (Å²) < 4.78 is 0. The highest BCUT2D eigenvalue weighted by Crippen LogP contribution is 2.14. The Morgan fingerprint density at radius 1 is 1.78 bits per heavy atom. The highest BCUT2D eigenvalue weighted by Gasteiger charge is 1.99. The van der Waals surface area contributed by atoms with Gasteiger partial charge in [0.15, 0.2) is 0 Å². The van der Waals surface area contributed by atoms with Gasteiger partial charge in [-0.25, -0.2) is 0 Å². The molecule has 0 bridgehead atoms. The van der Waals surface area contributed by atoms with Crippen LogP contribution in [0.25, 0.3) is 0 Å². The molecule has 0 aliphatic carbocycles. The van der Waals surface area contributed by atoms with E-state index in [4.69, 9.17) is 12.2 Å². The highest BCUT2D eigenvalue weighted by molar-refractivity contribution is 7.10. The van der Waals surface area contributed by atoms with Crippen LogP contribution in [0.5, 0.6) is 0 Å². The molecule has 0 saturated heterocycles. The molecule has 1 aromatic rings. The number of rotatable bonds is 1. The third kappa shape index (κ3) is 1.32. The standard InChI is InChI=1S/C7H7NS/c1-2-6(8)7-4-3-5-9-7/h1,3-6H,8H2/t6-/m0/s1. The van der Waals surface area contributed by atoms with Crippen molar-refractivity contribution in [3.05, 3.63) is 22.4 Å². The third-order valence-electron chi connectivity index (χ3n) is 1.03. The maximum absolute atomic E-state index is 5.51. The molecular formula is C7H7NS. The molecule has 0 spiro atoms. The lowest BCUT2D eigenvalue weighted by molar-refractivity contribution is 0.974. The van der Waals surface area contributed by atoms with Crippen LogP contribution in [0.4, 0.5) is 0 Å². The molecule has 1 heterocycles. The van der Waals surface area contributed by atoms with Crippen LogP contribution in [0, 0.1) is 12.3 Å². The molecule has 9 heavy (non-hydrogen) atoms. The van der Waals surface area contributed by atoms with Gasteiger partial charge in [-0.1, -0.05) is 12.0 Å². The van der Waals surface area contributed by atoms with E-state index < -0.39 is 0 Å². The summed E-state index contributed by atoms with van der Waals surface area (Å²) in [6.07, 6.45) is 5.09. The van der Waals surface area contributed by atoms with Gasteiger partial charge in [-0.05, 0) is 11.4 Å². The average Bonchev–Trinajstić information content (AvgIpc) is 2.37. The molecule has 1 aromatic heterocycles. The Labute approximate surface area is 58.5 Å². The van der Waals surface area contributed by atoms with Crippen LogP contribution < -0.4 is 5.73 Å². The van der Waals surface area contributed by atoms with Crippen molar-refractivity contribution in [2.45, 2.75) is 6.04 Å². The average molecular weight is 137 g/mol. The van der Waals surface area contributed by atoms with Crippen molar-refractivity contribution in [1.82, 2.24) is 0 Å². The normalized spacial score (nSPS) is 12.4. The first kappa shape index (κ1) is 6.34. The van der Waals surface area contributed by atoms with E-state index in [1.54, 1.807) is 11.3 Å². The molecule has 0 saturated carbocycles. The topological polar surface area (TPSA) is 26.0 Å². The molecular weight excluding hydrogens is 130 g/mol. The Morgan fingerprint density at radius 3 is 3.00 bits per heavy atom. The number of hydrogen-bond donors (Lipinski definition) is 1. The quantitative estimate of drug-likeness (QED) is 0.581. The molecule has 0 aliphatic heterocycles. The van der Waals surface area contributed by atoms with Crippen LogP contribution in [0.1, 0.15) is 10.9 Å². The Morgan fingerprint density at radius 2 is 2.56 bits per heavy atom. The smallest absolute Gasteiger partial charge is 0.101 e. The number of nitrogens with two attached hydrogens (primary N) is 1. The minimum absolute atomic E-state index is 0.218. The second-order valence-electron chi connectivity index (χ2n) is 1.66. The minimum Gasteiger partial charge on any atom is -0.313 e. The molecule has 0 radical (unpaired) electrons. The first-order valence-electron chi connectivity index (χ1n) is 2.59. The van der Waals surface area contributed by atoms with E-state index in [0.29, 0.717) is 0 Å². The molecule has 0 amide bonds. The van der Waals surface area contributed by atoms with Gasteiger partial charge in [-0.2, -0.15) is 0 Å².